The van der Waals surface area contributed by atoms with Crippen LogP contribution in [0.15, 0.2) is 41.3 Å². The van der Waals surface area contributed by atoms with Crippen LogP contribution in [0.4, 0.5) is 15.8 Å². The zero-order valence-electron chi connectivity index (χ0n) is 19.5. The number of carbonyl (C=O) groups excluding carboxylic acids is 1. The van der Waals surface area contributed by atoms with E-state index in [9.17, 15) is 9.59 Å². The lowest BCUT2D eigenvalue weighted by molar-refractivity contribution is 0.0960. The zero-order chi connectivity index (χ0) is 24.0. The molecule has 0 spiro atoms. The van der Waals surface area contributed by atoms with Gasteiger partial charge in [0.05, 0.1) is 22.6 Å². The van der Waals surface area contributed by atoms with Gasteiger partial charge in [-0.2, -0.15) is 0 Å². The van der Waals surface area contributed by atoms with Gasteiger partial charge in [-0.15, -0.1) is 0 Å². The molecule has 178 valence electrons. The Morgan fingerprint density at radius 1 is 1.15 bits per heavy atom. The molecule has 5 rings (SSSR count). The number of nitrogens with zero attached hydrogens (tertiary/aromatic N) is 3. The van der Waals surface area contributed by atoms with Gasteiger partial charge >= 0.3 is 0 Å². The van der Waals surface area contributed by atoms with Crippen molar-refractivity contribution >= 4 is 28.2 Å². The Morgan fingerprint density at radius 2 is 1.85 bits per heavy atom. The molecule has 3 heterocycles. The van der Waals surface area contributed by atoms with Crippen molar-refractivity contribution in [2.75, 3.05) is 50.2 Å². The standard InChI is InChI=1S/C25H28FN5O3/c1-15-4-6-17(7-5-15)27-28-25(33)19-13-31-16(2)14-34-24-21(31)18(23(19)32)12-20(26)22(24)30-10-8-29(3)9-11-30/h4-7,12-13,16,27H,8-11,14H2,1-3H3,(H,28,33). The first kappa shape index (κ1) is 22.2. The van der Waals surface area contributed by atoms with Crippen LogP contribution in [-0.2, 0) is 0 Å². The molecule has 1 amide bonds. The number of benzene rings is 2. The highest BCUT2D eigenvalue weighted by atomic mass is 19.1. The summed E-state index contributed by atoms with van der Waals surface area (Å²) in [4.78, 5) is 30.4. The Balaban J connectivity index is 1.55. The summed E-state index contributed by atoms with van der Waals surface area (Å²) in [6, 6.07) is 8.59. The number of hydrazine groups is 1. The third-order valence-corrected chi connectivity index (χ3v) is 6.58. The molecule has 8 nitrogen and oxygen atoms in total. The number of halogens is 1. The van der Waals surface area contributed by atoms with E-state index < -0.39 is 17.2 Å². The molecular formula is C25H28FN5O3. The van der Waals surface area contributed by atoms with E-state index >= 15 is 4.39 Å². The van der Waals surface area contributed by atoms with Crippen molar-refractivity contribution in [3.05, 3.63) is 63.7 Å². The van der Waals surface area contributed by atoms with Crippen molar-refractivity contribution < 1.29 is 13.9 Å². The van der Waals surface area contributed by atoms with E-state index in [0.717, 1.165) is 18.7 Å². The topological polar surface area (TPSA) is 78.8 Å². The van der Waals surface area contributed by atoms with Gasteiger partial charge in [-0.05, 0) is 39.1 Å². The summed E-state index contributed by atoms with van der Waals surface area (Å²) < 4.78 is 23.3. The monoisotopic (exact) mass is 465 g/mol. The number of ether oxygens (including phenoxy) is 1. The predicted octanol–water partition coefficient (Wildman–Crippen LogP) is 2.91. The Kier molecular flexibility index (Phi) is 5.65. The molecule has 0 saturated carbocycles. The van der Waals surface area contributed by atoms with Crippen LogP contribution in [0.5, 0.6) is 5.75 Å². The van der Waals surface area contributed by atoms with Crippen LogP contribution in [0.2, 0.25) is 0 Å². The lowest BCUT2D eigenvalue weighted by Gasteiger charge is -2.37. The highest BCUT2D eigenvalue weighted by molar-refractivity contribution is 6.00. The summed E-state index contributed by atoms with van der Waals surface area (Å²) in [6.45, 7) is 7.19. The van der Waals surface area contributed by atoms with Gasteiger partial charge in [0.15, 0.2) is 11.6 Å². The van der Waals surface area contributed by atoms with Crippen LogP contribution in [0.1, 0.15) is 28.9 Å². The maximum Gasteiger partial charge on any atom is 0.275 e. The van der Waals surface area contributed by atoms with Crippen molar-refractivity contribution in [2.24, 2.45) is 0 Å². The average Bonchev–Trinajstić information content (AvgIpc) is 2.82. The van der Waals surface area contributed by atoms with Crippen molar-refractivity contribution in [3.63, 3.8) is 0 Å². The molecule has 1 saturated heterocycles. The van der Waals surface area contributed by atoms with E-state index in [0.29, 0.717) is 42.3 Å². The van der Waals surface area contributed by atoms with Crippen molar-refractivity contribution in [1.29, 1.82) is 0 Å². The Morgan fingerprint density at radius 3 is 2.56 bits per heavy atom. The summed E-state index contributed by atoms with van der Waals surface area (Å²) in [5.74, 6) is -0.722. The van der Waals surface area contributed by atoms with Crippen LogP contribution in [0.3, 0.4) is 0 Å². The maximum atomic E-state index is 15.4. The number of likely N-dealkylation sites (N-methyl/N-ethyl adjacent to an activating group) is 1. The molecule has 1 aromatic heterocycles. The van der Waals surface area contributed by atoms with E-state index in [1.54, 1.807) is 6.20 Å². The number of pyridine rings is 1. The molecule has 1 atom stereocenters. The molecule has 0 aliphatic carbocycles. The van der Waals surface area contributed by atoms with E-state index in [4.69, 9.17) is 4.74 Å². The number of piperazine rings is 1. The Hall–Kier alpha value is -3.59. The highest BCUT2D eigenvalue weighted by Crippen LogP contribution is 2.42. The Labute approximate surface area is 196 Å². The van der Waals surface area contributed by atoms with E-state index in [1.165, 1.54) is 6.07 Å². The van der Waals surface area contributed by atoms with Crippen LogP contribution in [-0.4, -0.2) is 55.2 Å². The number of nitrogens with one attached hydrogen (secondary N) is 2. The summed E-state index contributed by atoms with van der Waals surface area (Å²) in [6.07, 6.45) is 1.55. The second-order valence-corrected chi connectivity index (χ2v) is 9.11. The fraction of sp³-hybridized carbons (Fsp3) is 0.360. The van der Waals surface area contributed by atoms with E-state index in [-0.39, 0.29) is 17.0 Å². The van der Waals surface area contributed by atoms with E-state index in [1.807, 2.05) is 54.6 Å². The van der Waals surface area contributed by atoms with Gasteiger partial charge in [-0.25, -0.2) is 4.39 Å². The SMILES string of the molecule is Cc1ccc(NNC(=O)c2cn3c4c(c(N5CCN(C)CC5)c(F)cc4c2=O)OCC3C)cc1. The molecule has 2 N–H and O–H groups in total. The molecule has 2 aliphatic rings. The van der Waals surface area contributed by atoms with Crippen molar-refractivity contribution in [3.8, 4) is 5.75 Å². The second-order valence-electron chi connectivity index (χ2n) is 9.11. The molecule has 0 bridgehead atoms. The fourth-order valence-corrected chi connectivity index (χ4v) is 4.53. The van der Waals surface area contributed by atoms with Crippen LogP contribution in [0.25, 0.3) is 10.9 Å². The van der Waals surface area contributed by atoms with Gasteiger partial charge < -0.3 is 19.1 Å². The molecule has 2 aromatic carbocycles. The van der Waals surface area contributed by atoms with E-state index in [2.05, 4.69) is 15.8 Å². The number of hydrogen-bond donors (Lipinski definition) is 2. The predicted molar refractivity (Wildman–Crippen MR) is 130 cm³/mol. The van der Waals surface area contributed by atoms with Crippen molar-refractivity contribution in [2.45, 2.75) is 19.9 Å². The minimum Gasteiger partial charge on any atom is -0.487 e. The summed E-state index contributed by atoms with van der Waals surface area (Å²) >= 11 is 0. The number of carbonyl (C=O) groups is 1. The first-order chi connectivity index (χ1) is 16.3. The Bertz CT molecular complexity index is 1310. The first-order valence-corrected chi connectivity index (χ1v) is 11.4. The molecule has 0 radical (unpaired) electrons. The van der Waals surface area contributed by atoms with Crippen LogP contribution >= 0.6 is 0 Å². The number of amides is 1. The molecule has 1 unspecified atom stereocenters. The molecule has 9 heteroatoms. The third-order valence-electron chi connectivity index (χ3n) is 6.58. The van der Waals surface area contributed by atoms with Gasteiger partial charge in [0, 0.05) is 32.4 Å². The van der Waals surface area contributed by atoms with Gasteiger partial charge in [0.1, 0.15) is 17.9 Å². The van der Waals surface area contributed by atoms with Gasteiger partial charge in [0.25, 0.3) is 5.91 Å². The number of aryl methyl sites for hydroxylation is 1. The zero-order valence-corrected chi connectivity index (χ0v) is 19.5. The first-order valence-electron chi connectivity index (χ1n) is 11.4. The summed E-state index contributed by atoms with van der Waals surface area (Å²) in [7, 11) is 2.04. The average molecular weight is 466 g/mol. The second kappa shape index (κ2) is 8.64. The van der Waals surface area contributed by atoms with Gasteiger partial charge in [-0.1, -0.05) is 17.7 Å². The number of hydrogen-bond acceptors (Lipinski definition) is 6. The fourth-order valence-electron chi connectivity index (χ4n) is 4.53. The molecule has 1 fully saturated rings. The summed E-state index contributed by atoms with van der Waals surface area (Å²) in [5.41, 5.74) is 7.52. The number of rotatable bonds is 4. The van der Waals surface area contributed by atoms with Crippen LogP contribution in [0, 0.1) is 12.7 Å². The third kappa shape index (κ3) is 3.86. The largest absolute Gasteiger partial charge is 0.487 e. The molecule has 3 aromatic rings. The quantitative estimate of drug-likeness (QED) is 0.577. The molecule has 34 heavy (non-hydrogen) atoms. The normalized spacial score (nSPS) is 18.0. The van der Waals surface area contributed by atoms with Crippen molar-refractivity contribution in [1.82, 2.24) is 14.9 Å². The lowest BCUT2D eigenvalue weighted by Crippen LogP contribution is -2.45. The summed E-state index contributed by atoms with van der Waals surface area (Å²) in [5, 5.41) is 0.139. The van der Waals surface area contributed by atoms with Crippen LogP contribution < -0.4 is 25.9 Å². The van der Waals surface area contributed by atoms with Gasteiger partial charge in [-0.3, -0.25) is 20.4 Å². The minimum absolute atomic E-state index is 0.0569. The highest BCUT2D eigenvalue weighted by Gasteiger charge is 2.31. The minimum atomic E-state index is -0.583. The molecular weight excluding hydrogens is 437 g/mol. The number of anilines is 2. The van der Waals surface area contributed by atoms with Gasteiger partial charge in [0.2, 0.25) is 5.43 Å². The number of aromatic nitrogens is 1. The molecule has 2 aliphatic heterocycles. The maximum absolute atomic E-state index is 15.4. The smallest absolute Gasteiger partial charge is 0.275 e. The lowest BCUT2D eigenvalue weighted by atomic mass is 10.0.